The first kappa shape index (κ1) is 13.3. The lowest BCUT2D eigenvalue weighted by molar-refractivity contribution is -0.125. The largest absolute Gasteiger partial charge is 0.462 e. The maximum atomic E-state index is 11.7. The van der Waals surface area contributed by atoms with Crippen LogP contribution in [-0.2, 0) is 4.79 Å². The van der Waals surface area contributed by atoms with Crippen molar-refractivity contribution in [1.82, 2.24) is 4.90 Å². The smallest absolute Gasteiger partial charge is 0.247 e. The quantitative estimate of drug-likeness (QED) is 0.602. The van der Waals surface area contributed by atoms with Gasteiger partial charge in [-0.05, 0) is 25.1 Å². The summed E-state index contributed by atoms with van der Waals surface area (Å²) in [5.41, 5.74) is 0. The predicted molar refractivity (Wildman–Crippen MR) is 66.3 cm³/mol. The molecule has 0 aromatic carbocycles. The van der Waals surface area contributed by atoms with Crippen LogP contribution in [0, 0.1) is 6.92 Å². The van der Waals surface area contributed by atoms with Crippen LogP contribution >= 0.6 is 0 Å². The highest BCUT2D eigenvalue weighted by Crippen LogP contribution is 2.08. The monoisotopic (exact) mass is 235 g/mol. The van der Waals surface area contributed by atoms with Crippen LogP contribution in [0.4, 0.5) is 0 Å². The van der Waals surface area contributed by atoms with Gasteiger partial charge in [0.25, 0.3) is 0 Å². The molecule has 1 aromatic rings. The molecular weight excluding hydrogens is 218 g/mol. The lowest BCUT2D eigenvalue weighted by Crippen LogP contribution is -2.32. The highest BCUT2D eigenvalue weighted by molar-refractivity contribution is 5.91. The van der Waals surface area contributed by atoms with Crippen LogP contribution in [0.1, 0.15) is 11.5 Å². The van der Waals surface area contributed by atoms with Crippen LogP contribution in [-0.4, -0.2) is 35.6 Å². The number of aliphatic hydroxyl groups is 1. The second-order valence-corrected chi connectivity index (χ2v) is 3.58. The fourth-order valence-electron chi connectivity index (χ4n) is 1.37. The number of amides is 1. The number of aliphatic hydroxyl groups excluding tert-OH is 1. The van der Waals surface area contributed by atoms with Crippen molar-refractivity contribution in [3.05, 3.63) is 42.4 Å². The molecule has 4 nitrogen and oxygen atoms in total. The Morgan fingerprint density at radius 2 is 2.35 bits per heavy atom. The SMILES string of the molecule is C=CCN(CCO)C(=O)/C=C/c1ccc(C)o1. The van der Waals surface area contributed by atoms with Crippen LogP contribution in [0.3, 0.4) is 0 Å². The van der Waals surface area contributed by atoms with E-state index in [1.807, 2.05) is 13.0 Å². The third-order valence-corrected chi connectivity index (χ3v) is 2.18. The zero-order valence-electron chi connectivity index (χ0n) is 9.93. The molecule has 4 heteroatoms. The highest BCUT2D eigenvalue weighted by atomic mass is 16.3. The normalized spacial score (nSPS) is 10.7. The van der Waals surface area contributed by atoms with Crippen LogP contribution in [0.25, 0.3) is 6.08 Å². The van der Waals surface area contributed by atoms with E-state index in [2.05, 4.69) is 6.58 Å². The Morgan fingerprint density at radius 3 is 2.88 bits per heavy atom. The fourth-order valence-corrected chi connectivity index (χ4v) is 1.37. The lowest BCUT2D eigenvalue weighted by Gasteiger charge is -2.17. The first-order valence-electron chi connectivity index (χ1n) is 5.42. The van der Waals surface area contributed by atoms with Crippen molar-refractivity contribution in [3.8, 4) is 0 Å². The molecule has 92 valence electrons. The van der Waals surface area contributed by atoms with Crippen molar-refractivity contribution in [3.63, 3.8) is 0 Å². The molecule has 0 aliphatic heterocycles. The van der Waals surface area contributed by atoms with Crippen LogP contribution < -0.4 is 0 Å². The summed E-state index contributed by atoms with van der Waals surface area (Å²) in [6.07, 6.45) is 4.67. The van der Waals surface area contributed by atoms with Crippen molar-refractivity contribution in [2.24, 2.45) is 0 Å². The van der Waals surface area contributed by atoms with E-state index >= 15 is 0 Å². The van der Waals surface area contributed by atoms with Gasteiger partial charge in [-0.2, -0.15) is 0 Å². The molecule has 0 aliphatic rings. The average Bonchev–Trinajstić information content (AvgIpc) is 2.72. The summed E-state index contributed by atoms with van der Waals surface area (Å²) in [4.78, 5) is 13.2. The standard InChI is InChI=1S/C13H17NO3/c1-3-8-14(9-10-15)13(16)7-6-12-5-4-11(2)17-12/h3-7,15H,1,8-10H2,2H3/b7-6+. The van der Waals surface area contributed by atoms with Crippen molar-refractivity contribution < 1.29 is 14.3 Å². The van der Waals surface area contributed by atoms with Gasteiger partial charge in [0, 0.05) is 19.2 Å². The first-order valence-corrected chi connectivity index (χ1v) is 5.42. The second-order valence-electron chi connectivity index (χ2n) is 3.58. The van der Waals surface area contributed by atoms with E-state index in [-0.39, 0.29) is 12.5 Å². The molecule has 1 aromatic heterocycles. The van der Waals surface area contributed by atoms with Gasteiger partial charge in [-0.15, -0.1) is 6.58 Å². The maximum absolute atomic E-state index is 11.7. The third kappa shape index (κ3) is 4.28. The van der Waals surface area contributed by atoms with Gasteiger partial charge in [0.05, 0.1) is 6.61 Å². The van der Waals surface area contributed by atoms with Crippen LogP contribution in [0.2, 0.25) is 0 Å². The molecule has 0 spiro atoms. The maximum Gasteiger partial charge on any atom is 0.247 e. The van der Waals surface area contributed by atoms with E-state index in [0.29, 0.717) is 18.8 Å². The minimum absolute atomic E-state index is 0.0622. The van der Waals surface area contributed by atoms with Crippen molar-refractivity contribution in [2.75, 3.05) is 19.7 Å². The number of hydrogen-bond donors (Lipinski definition) is 1. The average molecular weight is 235 g/mol. The zero-order valence-corrected chi connectivity index (χ0v) is 9.93. The molecule has 0 saturated carbocycles. The van der Waals surface area contributed by atoms with Gasteiger partial charge < -0.3 is 14.4 Å². The highest BCUT2D eigenvalue weighted by Gasteiger charge is 2.07. The summed E-state index contributed by atoms with van der Waals surface area (Å²) in [7, 11) is 0. The van der Waals surface area contributed by atoms with Gasteiger partial charge in [0.15, 0.2) is 0 Å². The molecule has 0 bridgehead atoms. The molecular formula is C13H17NO3. The molecule has 0 atom stereocenters. The molecule has 0 saturated heterocycles. The molecule has 17 heavy (non-hydrogen) atoms. The van der Waals surface area contributed by atoms with E-state index in [9.17, 15) is 4.79 Å². The fraction of sp³-hybridized carbons (Fsp3) is 0.308. The Labute approximate surface area is 101 Å². The Balaban J connectivity index is 2.62. The molecule has 0 radical (unpaired) electrons. The molecule has 1 N–H and O–H groups in total. The third-order valence-electron chi connectivity index (χ3n) is 2.18. The summed E-state index contributed by atoms with van der Waals surface area (Å²) >= 11 is 0. The van der Waals surface area contributed by atoms with E-state index in [1.54, 1.807) is 18.2 Å². The molecule has 0 fully saturated rings. The summed E-state index contributed by atoms with van der Waals surface area (Å²) in [6, 6.07) is 3.63. The topological polar surface area (TPSA) is 53.7 Å². The Hall–Kier alpha value is -1.81. The van der Waals surface area contributed by atoms with E-state index in [0.717, 1.165) is 5.76 Å². The van der Waals surface area contributed by atoms with Gasteiger partial charge in [0.1, 0.15) is 11.5 Å². The molecule has 0 unspecified atom stereocenters. The minimum atomic E-state index is -0.173. The molecule has 0 aliphatic carbocycles. The molecule has 1 heterocycles. The number of furan rings is 1. The number of hydrogen-bond acceptors (Lipinski definition) is 3. The van der Waals surface area contributed by atoms with Gasteiger partial charge in [0.2, 0.25) is 5.91 Å². The van der Waals surface area contributed by atoms with Gasteiger partial charge in [-0.1, -0.05) is 6.08 Å². The lowest BCUT2D eigenvalue weighted by atomic mass is 10.3. The van der Waals surface area contributed by atoms with Crippen molar-refractivity contribution >= 4 is 12.0 Å². The number of carbonyl (C=O) groups excluding carboxylic acids is 1. The molecule has 1 rings (SSSR count). The Kier molecular flexibility index (Phi) is 5.23. The van der Waals surface area contributed by atoms with Gasteiger partial charge in [-0.3, -0.25) is 4.79 Å². The predicted octanol–water partition coefficient (Wildman–Crippen LogP) is 1.61. The van der Waals surface area contributed by atoms with Gasteiger partial charge in [-0.25, -0.2) is 0 Å². The summed E-state index contributed by atoms with van der Waals surface area (Å²) in [5.74, 6) is 1.27. The number of carbonyl (C=O) groups is 1. The summed E-state index contributed by atoms with van der Waals surface area (Å²) < 4.78 is 5.31. The van der Waals surface area contributed by atoms with Crippen molar-refractivity contribution in [1.29, 1.82) is 0 Å². The van der Waals surface area contributed by atoms with E-state index < -0.39 is 0 Å². The van der Waals surface area contributed by atoms with E-state index in [1.165, 1.54) is 11.0 Å². The van der Waals surface area contributed by atoms with E-state index in [4.69, 9.17) is 9.52 Å². The molecule has 1 amide bonds. The summed E-state index contributed by atoms with van der Waals surface area (Å²) in [5, 5.41) is 8.83. The number of rotatable bonds is 6. The van der Waals surface area contributed by atoms with Crippen molar-refractivity contribution in [2.45, 2.75) is 6.92 Å². The Bertz CT molecular complexity index is 407. The number of nitrogens with zero attached hydrogens (tertiary/aromatic N) is 1. The first-order chi connectivity index (χ1) is 8.17. The van der Waals surface area contributed by atoms with Crippen LogP contribution in [0.15, 0.2) is 35.3 Å². The van der Waals surface area contributed by atoms with Gasteiger partial charge >= 0.3 is 0 Å². The van der Waals surface area contributed by atoms with Crippen LogP contribution in [0.5, 0.6) is 0 Å². The zero-order chi connectivity index (χ0) is 12.7. The number of aryl methyl sites for hydroxylation is 1. The second kappa shape index (κ2) is 6.70. The Morgan fingerprint density at radius 1 is 1.59 bits per heavy atom. The minimum Gasteiger partial charge on any atom is -0.462 e. The summed E-state index contributed by atoms with van der Waals surface area (Å²) in [6.45, 7) is 6.06.